The summed E-state index contributed by atoms with van der Waals surface area (Å²) in [6.45, 7) is 7.56. The van der Waals surface area contributed by atoms with Gasteiger partial charge in [0.15, 0.2) is 0 Å². The lowest BCUT2D eigenvalue weighted by atomic mass is 9.72. The largest absolute Gasteiger partial charge is 0.490 e. The molecular weight excluding hydrogens is 393 g/mol. The number of carboxylic acid groups (broad SMARTS) is 1. The van der Waals surface area contributed by atoms with Crippen LogP contribution < -0.4 is 10.1 Å². The molecule has 0 atom stereocenters. The molecule has 168 valence electrons. The standard InChI is InChI=1S/C26H34FNO3/c1-26(2,3)21-8-10-22(11-9-21)31-23-6-4-5-18(16-23)19-7-12-24(27)20(15-19)17-28-14-13-25(29)30/h4-7,12,15-16,21-22,28H,8-11,13-14,17H2,1-3H3,(H,29,30). The number of ether oxygens (including phenoxy) is 1. The molecule has 1 saturated carbocycles. The van der Waals surface area contributed by atoms with Crippen LogP contribution in [0.5, 0.6) is 5.75 Å². The van der Waals surface area contributed by atoms with Gasteiger partial charge in [-0.1, -0.05) is 39.0 Å². The summed E-state index contributed by atoms with van der Waals surface area (Å²) in [4.78, 5) is 10.6. The summed E-state index contributed by atoms with van der Waals surface area (Å²) >= 11 is 0. The van der Waals surface area contributed by atoms with E-state index in [4.69, 9.17) is 9.84 Å². The first-order valence-corrected chi connectivity index (χ1v) is 11.2. The fourth-order valence-electron chi connectivity index (χ4n) is 4.30. The molecule has 0 bridgehead atoms. The van der Waals surface area contributed by atoms with Crippen molar-refractivity contribution in [2.24, 2.45) is 11.3 Å². The molecule has 0 spiro atoms. The molecule has 0 saturated heterocycles. The maximum Gasteiger partial charge on any atom is 0.304 e. The van der Waals surface area contributed by atoms with Crippen molar-refractivity contribution in [2.75, 3.05) is 6.54 Å². The van der Waals surface area contributed by atoms with Crippen LogP contribution in [0.3, 0.4) is 0 Å². The Labute approximate surface area is 184 Å². The Hall–Kier alpha value is -2.40. The highest BCUT2D eigenvalue weighted by Gasteiger charge is 2.30. The molecule has 31 heavy (non-hydrogen) atoms. The van der Waals surface area contributed by atoms with Gasteiger partial charge in [-0.3, -0.25) is 4.79 Å². The maximum absolute atomic E-state index is 14.2. The van der Waals surface area contributed by atoms with E-state index < -0.39 is 5.97 Å². The first kappa shape index (κ1) is 23.3. The van der Waals surface area contributed by atoms with Crippen LogP contribution >= 0.6 is 0 Å². The Morgan fingerprint density at radius 1 is 1.10 bits per heavy atom. The number of halogens is 1. The minimum atomic E-state index is -0.870. The van der Waals surface area contributed by atoms with Crippen LogP contribution in [0.25, 0.3) is 11.1 Å². The lowest BCUT2D eigenvalue weighted by Crippen LogP contribution is -2.30. The van der Waals surface area contributed by atoms with Crippen molar-refractivity contribution in [2.45, 2.75) is 65.5 Å². The number of benzene rings is 2. The van der Waals surface area contributed by atoms with Crippen molar-refractivity contribution in [3.8, 4) is 16.9 Å². The number of carboxylic acids is 1. The van der Waals surface area contributed by atoms with Crippen LogP contribution in [-0.4, -0.2) is 23.7 Å². The fraction of sp³-hybridized carbons (Fsp3) is 0.500. The van der Waals surface area contributed by atoms with E-state index in [9.17, 15) is 9.18 Å². The van der Waals surface area contributed by atoms with Gasteiger partial charge in [-0.15, -0.1) is 0 Å². The molecule has 2 aromatic carbocycles. The minimum absolute atomic E-state index is 0.0123. The van der Waals surface area contributed by atoms with Crippen LogP contribution in [0, 0.1) is 17.2 Å². The Kier molecular flexibility index (Phi) is 7.71. The van der Waals surface area contributed by atoms with E-state index in [0.29, 0.717) is 24.1 Å². The second-order valence-electron chi connectivity index (χ2n) is 9.61. The molecule has 0 heterocycles. The molecule has 0 aromatic heterocycles. The molecule has 2 aromatic rings. The van der Waals surface area contributed by atoms with E-state index >= 15 is 0 Å². The molecule has 3 rings (SSSR count). The van der Waals surface area contributed by atoms with E-state index in [0.717, 1.165) is 35.6 Å². The topological polar surface area (TPSA) is 58.6 Å². The Balaban J connectivity index is 1.63. The third kappa shape index (κ3) is 6.79. The van der Waals surface area contributed by atoms with Crippen molar-refractivity contribution in [1.82, 2.24) is 5.32 Å². The van der Waals surface area contributed by atoms with Crippen molar-refractivity contribution < 1.29 is 19.0 Å². The van der Waals surface area contributed by atoms with E-state index in [2.05, 4.69) is 26.1 Å². The van der Waals surface area contributed by atoms with Gasteiger partial charge in [-0.25, -0.2) is 4.39 Å². The number of aliphatic carboxylic acids is 1. The van der Waals surface area contributed by atoms with Crippen molar-refractivity contribution in [3.05, 3.63) is 53.8 Å². The Bertz CT molecular complexity index is 882. The molecule has 4 nitrogen and oxygen atoms in total. The molecule has 0 unspecified atom stereocenters. The minimum Gasteiger partial charge on any atom is -0.490 e. The highest BCUT2D eigenvalue weighted by atomic mass is 19.1. The normalized spacial score (nSPS) is 19.2. The summed E-state index contributed by atoms with van der Waals surface area (Å²) < 4.78 is 20.5. The number of carbonyl (C=O) groups is 1. The van der Waals surface area contributed by atoms with Crippen molar-refractivity contribution >= 4 is 5.97 Å². The first-order valence-electron chi connectivity index (χ1n) is 11.2. The van der Waals surface area contributed by atoms with Gasteiger partial charge in [-0.2, -0.15) is 0 Å². The predicted octanol–water partition coefficient (Wildman–Crippen LogP) is 6.04. The predicted molar refractivity (Wildman–Crippen MR) is 122 cm³/mol. The van der Waals surface area contributed by atoms with Crippen LogP contribution in [0.4, 0.5) is 4.39 Å². The zero-order valence-corrected chi connectivity index (χ0v) is 18.8. The molecule has 1 aliphatic rings. The summed E-state index contributed by atoms with van der Waals surface area (Å²) in [5, 5.41) is 11.7. The first-order chi connectivity index (χ1) is 14.7. The highest BCUT2D eigenvalue weighted by Crippen LogP contribution is 2.39. The van der Waals surface area contributed by atoms with Gasteiger partial charge in [0.05, 0.1) is 12.5 Å². The molecule has 0 aliphatic heterocycles. The van der Waals surface area contributed by atoms with Crippen LogP contribution in [0.2, 0.25) is 0 Å². The summed E-state index contributed by atoms with van der Waals surface area (Å²) in [5.41, 5.74) is 2.77. The fourth-order valence-corrected chi connectivity index (χ4v) is 4.30. The monoisotopic (exact) mass is 427 g/mol. The second kappa shape index (κ2) is 10.3. The second-order valence-corrected chi connectivity index (χ2v) is 9.61. The summed E-state index contributed by atoms with van der Waals surface area (Å²) in [7, 11) is 0. The van der Waals surface area contributed by atoms with Gasteiger partial charge < -0.3 is 15.2 Å². The Morgan fingerprint density at radius 2 is 1.81 bits per heavy atom. The Morgan fingerprint density at radius 3 is 2.48 bits per heavy atom. The van der Waals surface area contributed by atoms with Gasteiger partial charge >= 0.3 is 5.97 Å². The maximum atomic E-state index is 14.2. The molecule has 1 fully saturated rings. The van der Waals surface area contributed by atoms with Crippen molar-refractivity contribution in [3.63, 3.8) is 0 Å². The molecule has 2 N–H and O–H groups in total. The lowest BCUT2D eigenvalue weighted by molar-refractivity contribution is -0.136. The quantitative estimate of drug-likeness (QED) is 0.504. The molecule has 0 radical (unpaired) electrons. The van der Waals surface area contributed by atoms with E-state index in [1.54, 1.807) is 6.07 Å². The smallest absolute Gasteiger partial charge is 0.304 e. The van der Waals surface area contributed by atoms with E-state index in [1.807, 2.05) is 30.3 Å². The van der Waals surface area contributed by atoms with Gasteiger partial charge in [0, 0.05) is 18.7 Å². The lowest BCUT2D eigenvalue weighted by Gasteiger charge is -2.37. The van der Waals surface area contributed by atoms with Gasteiger partial charge in [0.1, 0.15) is 11.6 Å². The van der Waals surface area contributed by atoms with Crippen LogP contribution in [-0.2, 0) is 11.3 Å². The van der Waals surface area contributed by atoms with E-state index in [1.165, 1.54) is 18.9 Å². The SMILES string of the molecule is CC(C)(C)C1CCC(Oc2cccc(-c3ccc(F)c(CNCCC(=O)O)c3)c2)CC1. The zero-order chi connectivity index (χ0) is 22.4. The van der Waals surface area contributed by atoms with Gasteiger partial charge in [0.2, 0.25) is 0 Å². The molecule has 1 aliphatic carbocycles. The summed E-state index contributed by atoms with van der Waals surface area (Å²) in [5.74, 6) is 0.433. The molecular formula is C26H34FNO3. The summed E-state index contributed by atoms with van der Waals surface area (Å²) in [6, 6.07) is 13.0. The third-order valence-corrected chi connectivity index (χ3v) is 6.25. The van der Waals surface area contributed by atoms with Crippen molar-refractivity contribution in [1.29, 1.82) is 0 Å². The average molecular weight is 428 g/mol. The number of rotatable bonds is 8. The van der Waals surface area contributed by atoms with Gasteiger partial charge in [-0.05, 0) is 72.4 Å². The molecule has 5 heteroatoms. The number of hydrogen-bond donors (Lipinski definition) is 2. The zero-order valence-electron chi connectivity index (χ0n) is 18.8. The molecule has 0 amide bonds. The number of hydrogen-bond acceptors (Lipinski definition) is 3. The summed E-state index contributed by atoms with van der Waals surface area (Å²) in [6.07, 6.45) is 4.81. The van der Waals surface area contributed by atoms with Crippen LogP contribution in [0.15, 0.2) is 42.5 Å². The number of nitrogens with one attached hydrogen (secondary N) is 1. The highest BCUT2D eigenvalue weighted by molar-refractivity contribution is 5.67. The van der Waals surface area contributed by atoms with Gasteiger partial charge in [0.25, 0.3) is 0 Å². The van der Waals surface area contributed by atoms with E-state index in [-0.39, 0.29) is 18.3 Å². The third-order valence-electron chi connectivity index (χ3n) is 6.25. The average Bonchev–Trinajstić information content (AvgIpc) is 2.72. The van der Waals surface area contributed by atoms with Crippen LogP contribution in [0.1, 0.15) is 58.4 Å².